The summed E-state index contributed by atoms with van der Waals surface area (Å²) in [6, 6.07) is 6.78. The van der Waals surface area contributed by atoms with Gasteiger partial charge in [0.2, 0.25) is 0 Å². The number of nitrogens with zero attached hydrogens (tertiary/aromatic N) is 2. The van der Waals surface area contributed by atoms with Crippen LogP contribution in [0.3, 0.4) is 0 Å². The third kappa shape index (κ3) is 3.13. The van der Waals surface area contributed by atoms with Crippen molar-refractivity contribution >= 4 is 5.78 Å². The van der Waals surface area contributed by atoms with Crippen molar-refractivity contribution in [3.05, 3.63) is 53.1 Å². The van der Waals surface area contributed by atoms with Crippen molar-refractivity contribution in [1.82, 2.24) is 9.78 Å². The van der Waals surface area contributed by atoms with E-state index >= 15 is 0 Å². The second-order valence-corrected chi connectivity index (χ2v) is 5.13. The summed E-state index contributed by atoms with van der Waals surface area (Å²) in [5, 5.41) is 4.37. The number of halogens is 1. The van der Waals surface area contributed by atoms with Gasteiger partial charge in [-0.15, -0.1) is 0 Å². The van der Waals surface area contributed by atoms with E-state index in [9.17, 15) is 9.18 Å². The van der Waals surface area contributed by atoms with Crippen molar-refractivity contribution in [2.45, 2.75) is 39.7 Å². The van der Waals surface area contributed by atoms with Crippen LogP contribution in [0, 0.1) is 12.7 Å². The van der Waals surface area contributed by atoms with Gasteiger partial charge in [0.05, 0.1) is 17.7 Å². The molecule has 0 aliphatic heterocycles. The molecule has 2 rings (SSSR count). The molecule has 1 aromatic carbocycles. The summed E-state index contributed by atoms with van der Waals surface area (Å²) < 4.78 is 15.6. The van der Waals surface area contributed by atoms with Gasteiger partial charge in [0.25, 0.3) is 0 Å². The summed E-state index contributed by atoms with van der Waals surface area (Å²) in [6.45, 7) is 5.95. The first-order valence-corrected chi connectivity index (χ1v) is 6.84. The van der Waals surface area contributed by atoms with E-state index in [0.717, 1.165) is 12.0 Å². The van der Waals surface area contributed by atoms with E-state index in [-0.39, 0.29) is 17.8 Å². The molecule has 0 bridgehead atoms. The second-order valence-electron chi connectivity index (χ2n) is 5.13. The predicted octanol–water partition coefficient (Wildman–Crippen LogP) is 3.73. The van der Waals surface area contributed by atoms with Crippen molar-refractivity contribution < 1.29 is 9.18 Å². The average molecular weight is 274 g/mol. The fourth-order valence-electron chi connectivity index (χ4n) is 2.01. The average Bonchev–Trinajstić information content (AvgIpc) is 2.86. The highest BCUT2D eigenvalue weighted by atomic mass is 19.1. The molecule has 0 N–H and O–H groups in total. The zero-order chi connectivity index (χ0) is 14.7. The van der Waals surface area contributed by atoms with Crippen LogP contribution in [0.1, 0.15) is 47.9 Å². The van der Waals surface area contributed by atoms with Crippen molar-refractivity contribution in [3.63, 3.8) is 0 Å². The minimum absolute atomic E-state index is 0.128. The summed E-state index contributed by atoms with van der Waals surface area (Å²) in [5.74, 6) is -0.701. The second kappa shape index (κ2) is 5.99. The quantitative estimate of drug-likeness (QED) is 0.779. The SMILES string of the molecule is CCC(C)n1ccc(CC(=O)c2ccc(C)cc2F)n1. The van der Waals surface area contributed by atoms with E-state index in [2.05, 4.69) is 18.9 Å². The van der Waals surface area contributed by atoms with Gasteiger partial charge in [0, 0.05) is 12.2 Å². The Morgan fingerprint density at radius 2 is 2.15 bits per heavy atom. The molecule has 0 spiro atoms. The number of carbonyl (C=O) groups excluding carboxylic acids is 1. The summed E-state index contributed by atoms with van der Waals surface area (Å²) >= 11 is 0. The first-order valence-electron chi connectivity index (χ1n) is 6.84. The molecule has 0 saturated carbocycles. The molecule has 3 nitrogen and oxygen atoms in total. The highest BCUT2D eigenvalue weighted by Crippen LogP contribution is 2.14. The molecule has 0 aliphatic rings. The maximum Gasteiger partial charge on any atom is 0.171 e. The van der Waals surface area contributed by atoms with Gasteiger partial charge in [-0.25, -0.2) is 4.39 Å². The van der Waals surface area contributed by atoms with Crippen molar-refractivity contribution in [3.8, 4) is 0 Å². The van der Waals surface area contributed by atoms with Crippen molar-refractivity contribution in [2.24, 2.45) is 0 Å². The van der Waals surface area contributed by atoms with Crippen molar-refractivity contribution in [1.29, 1.82) is 0 Å². The molecular formula is C16H19FN2O. The molecule has 0 amide bonds. The van der Waals surface area contributed by atoms with Gasteiger partial charge in [-0.05, 0) is 44.0 Å². The van der Waals surface area contributed by atoms with Crippen LogP contribution in [0.2, 0.25) is 0 Å². The van der Waals surface area contributed by atoms with Gasteiger partial charge in [0.1, 0.15) is 5.82 Å². The molecule has 0 aliphatic carbocycles. The lowest BCUT2D eigenvalue weighted by molar-refractivity contribution is 0.0988. The Morgan fingerprint density at radius 1 is 1.40 bits per heavy atom. The maximum absolute atomic E-state index is 13.7. The van der Waals surface area contributed by atoms with E-state index in [1.807, 2.05) is 16.9 Å². The number of benzene rings is 1. The Bertz CT molecular complexity index is 619. The normalized spacial score (nSPS) is 12.4. The van der Waals surface area contributed by atoms with Crippen LogP contribution < -0.4 is 0 Å². The third-order valence-electron chi connectivity index (χ3n) is 3.47. The molecule has 4 heteroatoms. The minimum atomic E-state index is -0.462. The third-order valence-corrected chi connectivity index (χ3v) is 3.47. The van der Waals surface area contributed by atoms with Gasteiger partial charge in [-0.1, -0.05) is 13.0 Å². The monoisotopic (exact) mass is 274 g/mol. The number of Topliss-reactive ketones (excluding diaryl/α,β-unsaturated/α-hetero) is 1. The molecule has 0 radical (unpaired) electrons. The molecule has 1 unspecified atom stereocenters. The Morgan fingerprint density at radius 3 is 2.80 bits per heavy atom. The van der Waals surface area contributed by atoms with E-state index in [1.165, 1.54) is 6.07 Å². The molecule has 1 atom stereocenters. The van der Waals surface area contributed by atoms with Crippen LogP contribution in [0.15, 0.2) is 30.5 Å². The number of hydrogen-bond donors (Lipinski definition) is 0. The molecule has 0 fully saturated rings. The van der Waals surface area contributed by atoms with E-state index in [4.69, 9.17) is 0 Å². The van der Waals surface area contributed by atoms with Crippen LogP contribution in [0.4, 0.5) is 4.39 Å². The van der Waals surface area contributed by atoms with Gasteiger partial charge >= 0.3 is 0 Å². The zero-order valence-corrected chi connectivity index (χ0v) is 12.1. The molecule has 0 saturated heterocycles. The number of aryl methyl sites for hydroxylation is 1. The van der Waals surface area contributed by atoms with Crippen LogP contribution in [0.5, 0.6) is 0 Å². The lowest BCUT2D eigenvalue weighted by Crippen LogP contribution is -2.09. The summed E-state index contributed by atoms with van der Waals surface area (Å²) in [5.41, 5.74) is 1.61. The molecule has 2 aromatic rings. The highest BCUT2D eigenvalue weighted by Gasteiger charge is 2.14. The Kier molecular flexibility index (Phi) is 4.32. The zero-order valence-electron chi connectivity index (χ0n) is 12.1. The molecular weight excluding hydrogens is 255 g/mol. The molecule has 1 heterocycles. The summed E-state index contributed by atoms with van der Waals surface area (Å²) in [4.78, 5) is 12.1. The predicted molar refractivity (Wildman–Crippen MR) is 76.4 cm³/mol. The number of ketones is 1. The van der Waals surface area contributed by atoms with Crippen LogP contribution in [-0.4, -0.2) is 15.6 Å². The smallest absolute Gasteiger partial charge is 0.171 e. The molecule has 1 aromatic heterocycles. The highest BCUT2D eigenvalue weighted by molar-refractivity contribution is 5.97. The summed E-state index contributed by atoms with van der Waals surface area (Å²) in [7, 11) is 0. The topological polar surface area (TPSA) is 34.9 Å². The lowest BCUT2D eigenvalue weighted by Gasteiger charge is -2.08. The number of aromatic nitrogens is 2. The Hall–Kier alpha value is -1.97. The standard InChI is InChI=1S/C16H19FN2O/c1-4-12(3)19-8-7-13(18-19)10-16(20)14-6-5-11(2)9-15(14)17/h5-9,12H,4,10H2,1-3H3. The number of hydrogen-bond acceptors (Lipinski definition) is 2. The summed E-state index contributed by atoms with van der Waals surface area (Å²) in [6.07, 6.45) is 2.97. The van der Waals surface area contributed by atoms with E-state index in [0.29, 0.717) is 11.7 Å². The van der Waals surface area contributed by atoms with E-state index < -0.39 is 5.82 Å². The first-order chi connectivity index (χ1) is 9.51. The molecule has 20 heavy (non-hydrogen) atoms. The Balaban J connectivity index is 2.13. The van der Waals surface area contributed by atoms with Crippen LogP contribution in [0.25, 0.3) is 0 Å². The largest absolute Gasteiger partial charge is 0.294 e. The van der Waals surface area contributed by atoms with Crippen LogP contribution >= 0.6 is 0 Å². The number of rotatable bonds is 5. The van der Waals surface area contributed by atoms with E-state index in [1.54, 1.807) is 19.1 Å². The van der Waals surface area contributed by atoms with Gasteiger partial charge in [-0.2, -0.15) is 5.10 Å². The lowest BCUT2D eigenvalue weighted by atomic mass is 10.0. The number of carbonyl (C=O) groups is 1. The maximum atomic E-state index is 13.7. The fraction of sp³-hybridized carbons (Fsp3) is 0.375. The Labute approximate surface area is 118 Å². The first kappa shape index (κ1) is 14.4. The van der Waals surface area contributed by atoms with Crippen LogP contribution in [-0.2, 0) is 6.42 Å². The molecule has 106 valence electrons. The fourth-order valence-corrected chi connectivity index (χ4v) is 2.01. The van der Waals surface area contributed by atoms with Gasteiger partial charge in [0.15, 0.2) is 5.78 Å². The minimum Gasteiger partial charge on any atom is -0.294 e. The van der Waals surface area contributed by atoms with Crippen molar-refractivity contribution in [2.75, 3.05) is 0 Å². The van der Waals surface area contributed by atoms with Gasteiger partial charge in [-0.3, -0.25) is 9.48 Å². The van der Waals surface area contributed by atoms with Gasteiger partial charge < -0.3 is 0 Å².